The van der Waals surface area contributed by atoms with E-state index >= 15 is 0 Å². The molecule has 0 radical (unpaired) electrons. The molecule has 8 amide bonds. The topological polar surface area (TPSA) is 389 Å². The second-order valence-electron chi connectivity index (χ2n) is 19.3. The van der Waals surface area contributed by atoms with Crippen molar-refractivity contribution in [3.05, 3.63) is 71.9 Å². The number of unbranched alkanes of at least 4 members (excludes halogenated alkanes) is 1. The first-order valence-corrected chi connectivity index (χ1v) is 26.3. The normalized spacial score (nSPS) is 23.1. The number of aromatic amines is 1. The lowest BCUT2D eigenvalue weighted by molar-refractivity contribution is -0.152. The van der Waals surface area contributed by atoms with E-state index in [1.54, 1.807) is 36.5 Å². The molecule has 0 saturated carbocycles. The molecule has 5 rings (SSSR count). The largest absolute Gasteiger partial charge is 0.391 e. The van der Waals surface area contributed by atoms with E-state index in [0.29, 0.717) is 36.8 Å². The Hall–Kier alpha value is -7.64. The van der Waals surface area contributed by atoms with Gasteiger partial charge in [0.05, 0.1) is 6.10 Å². The van der Waals surface area contributed by atoms with Gasteiger partial charge in [0.2, 0.25) is 47.3 Å². The molecular weight excluding hydrogens is 997 g/mol. The van der Waals surface area contributed by atoms with Crippen LogP contribution in [0.3, 0.4) is 0 Å². The van der Waals surface area contributed by atoms with Gasteiger partial charge in [-0.2, -0.15) is 5.48 Å². The lowest BCUT2D eigenvalue weighted by Crippen LogP contribution is -2.60. The molecule has 2 fully saturated rings. The van der Waals surface area contributed by atoms with Crippen molar-refractivity contribution in [1.82, 2.24) is 52.6 Å². The van der Waals surface area contributed by atoms with E-state index in [-0.39, 0.29) is 90.0 Å². The van der Waals surface area contributed by atoms with Crippen LogP contribution < -0.4 is 59.9 Å². The summed E-state index contributed by atoms with van der Waals surface area (Å²) in [6, 6.07) is 6.94. The molecule has 2 aliphatic rings. The highest BCUT2D eigenvalue weighted by atomic mass is 16.7. The molecule has 77 heavy (non-hydrogen) atoms. The third-order valence-corrected chi connectivity index (χ3v) is 13.2. The maximum absolute atomic E-state index is 14.7. The van der Waals surface area contributed by atoms with Crippen molar-refractivity contribution < 1.29 is 53.1 Å². The number of rotatable bonds is 17. The number of benzene rings is 2. The Morgan fingerprint density at radius 1 is 0.857 bits per heavy atom. The number of fused-ring (bicyclic) bond motifs is 2. The van der Waals surface area contributed by atoms with Crippen molar-refractivity contribution in [2.75, 3.05) is 32.7 Å². The van der Waals surface area contributed by atoms with E-state index in [4.69, 9.17) is 22.0 Å². The molecule has 0 aliphatic carbocycles. The number of aliphatic hydroxyl groups excluding tert-OH is 1. The lowest BCUT2D eigenvalue weighted by atomic mass is 10.0. The molecular formula is C52H76N14O11. The molecule has 25 nitrogen and oxygen atoms in total. The first-order valence-electron chi connectivity index (χ1n) is 26.3. The van der Waals surface area contributed by atoms with Gasteiger partial charge in [0.15, 0.2) is 5.96 Å². The molecule has 25 heteroatoms. The number of H-pyrrole nitrogens is 1. The fourth-order valence-corrected chi connectivity index (χ4v) is 9.18. The van der Waals surface area contributed by atoms with E-state index in [0.717, 1.165) is 15.8 Å². The van der Waals surface area contributed by atoms with Crippen LogP contribution >= 0.6 is 0 Å². The number of carbonyl (C=O) groups excluding carboxylic acids is 9. The van der Waals surface area contributed by atoms with Crippen LogP contribution in [0.2, 0.25) is 0 Å². The number of nitrogens with zero attached hydrogens (tertiary/aromatic N) is 2. The number of hydrogen-bond donors (Lipinski definition) is 13. The van der Waals surface area contributed by atoms with Crippen LogP contribution in [0, 0.1) is 0 Å². The molecule has 420 valence electrons. The smallest absolute Gasteiger partial charge is 0.324 e. The minimum absolute atomic E-state index is 0.0579. The average molecular weight is 1070 g/mol. The Labute approximate surface area is 447 Å². The SMILES string of the molecule is CCCC[C@H](NC(C)=O)C(=O)N[C@H]1CCC(=O)ONCCCC[C@@H](C(=O)NCCN)NC(=O)[C@H](Cc2c[nH]c3ccccc23)NC(=O)[C@H](CCCN=C(N)N)NC(=O)[C@@H](Cc2ccccc2)NC(=O)[C@@H]2CC(O)CN2C1=O. The van der Waals surface area contributed by atoms with Gasteiger partial charge >= 0.3 is 5.97 Å². The maximum Gasteiger partial charge on any atom is 0.324 e. The molecule has 2 aromatic carbocycles. The maximum atomic E-state index is 14.7. The number of hydrogen-bond acceptors (Lipinski definition) is 14. The molecule has 0 bridgehead atoms. The van der Waals surface area contributed by atoms with Crippen molar-refractivity contribution >= 4 is 70.1 Å². The zero-order valence-corrected chi connectivity index (χ0v) is 43.8. The van der Waals surface area contributed by atoms with Gasteiger partial charge in [-0.1, -0.05) is 68.3 Å². The fourth-order valence-electron chi connectivity index (χ4n) is 9.18. The summed E-state index contributed by atoms with van der Waals surface area (Å²) in [4.78, 5) is 139. The van der Waals surface area contributed by atoms with Crippen LogP contribution in [0.1, 0.15) is 95.6 Å². The van der Waals surface area contributed by atoms with Crippen molar-refractivity contribution in [2.45, 2.75) is 146 Å². The Morgan fingerprint density at radius 3 is 2.27 bits per heavy atom. The van der Waals surface area contributed by atoms with Gasteiger partial charge in [0, 0.05) is 82.4 Å². The van der Waals surface area contributed by atoms with Crippen LogP contribution in [0.4, 0.5) is 0 Å². The van der Waals surface area contributed by atoms with Crippen LogP contribution in [0.5, 0.6) is 0 Å². The summed E-state index contributed by atoms with van der Waals surface area (Å²) in [5.41, 5.74) is 21.5. The third kappa shape index (κ3) is 19.2. The van der Waals surface area contributed by atoms with Gasteiger partial charge in [0.1, 0.15) is 42.3 Å². The molecule has 2 aliphatic heterocycles. The Morgan fingerprint density at radius 2 is 1.55 bits per heavy atom. The molecule has 16 N–H and O–H groups in total. The molecule has 2 saturated heterocycles. The Bertz CT molecular complexity index is 2520. The summed E-state index contributed by atoms with van der Waals surface area (Å²) in [5, 5.41) is 30.9. The first kappa shape index (κ1) is 60.2. The van der Waals surface area contributed by atoms with Gasteiger partial charge in [-0.3, -0.25) is 48.1 Å². The van der Waals surface area contributed by atoms with Crippen LogP contribution in [0.25, 0.3) is 10.9 Å². The third-order valence-electron chi connectivity index (χ3n) is 13.2. The van der Waals surface area contributed by atoms with Gasteiger partial charge in [-0.05, 0) is 62.1 Å². The second kappa shape index (κ2) is 30.8. The number of nitrogens with one attached hydrogen (secondary N) is 9. The predicted octanol–water partition coefficient (Wildman–Crippen LogP) is -1.83. The van der Waals surface area contributed by atoms with Crippen LogP contribution in [0.15, 0.2) is 65.8 Å². The number of para-hydroxylation sites is 1. The molecule has 1 unspecified atom stereocenters. The summed E-state index contributed by atoms with van der Waals surface area (Å²) < 4.78 is 0. The number of aromatic nitrogens is 1. The Balaban J connectivity index is 1.54. The van der Waals surface area contributed by atoms with Gasteiger partial charge in [0.25, 0.3) is 0 Å². The average Bonchev–Trinajstić information content (AvgIpc) is 4.01. The van der Waals surface area contributed by atoms with E-state index in [1.165, 1.54) is 6.92 Å². The molecule has 1 aromatic heterocycles. The summed E-state index contributed by atoms with van der Waals surface area (Å²) in [5.74, 6) is -6.74. The number of aliphatic imine (C=N–C) groups is 1. The number of carbonyl (C=O) groups is 9. The minimum Gasteiger partial charge on any atom is -0.391 e. The van der Waals surface area contributed by atoms with Crippen LogP contribution in [-0.2, 0) is 60.8 Å². The fraction of sp³-hybridized carbons (Fsp3) is 0.538. The summed E-state index contributed by atoms with van der Waals surface area (Å²) in [6.45, 7) is 3.19. The number of aliphatic hydroxyl groups is 1. The number of amides is 8. The van der Waals surface area contributed by atoms with E-state index in [1.807, 2.05) is 31.2 Å². The van der Waals surface area contributed by atoms with Gasteiger partial charge in [-0.25, -0.2) is 0 Å². The molecule has 8 atom stereocenters. The highest BCUT2D eigenvalue weighted by Gasteiger charge is 2.43. The lowest BCUT2D eigenvalue weighted by Gasteiger charge is -2.31. The minimum atomic E-state index is -1.46. The summed E-state index contributed by atoms with van der Waals surface area (Å²) in [7, 11) is 0. The quantitative estimate of drug-likeness (QED) is 0.0402. The van der Waals surface area contributed by atoms with Gasteiger partial charge in [-0.15, -0.1) is 0 Å². The molecule has 3 heterocycles. The highest BCUT2D eigenvalue weighted by molar-refractivity contribution is 5.98. The monoisotopic (exact) mass is 1070 g/mol. The predicted molar refractivity (Wildman–Crippen MR) is 284 cm³/mol. The second-order valence-corrected chi connectivity index (χ2v) is 19.3. The van der Waals surface area contributed by atoms with E-state index in [2.05, 4.69) is 52.7 Å². The van der Waals surface area contributed by atoms with Crippen molar-refractivity contribution in [3.63, 3.8) is 0 Å². The van der Waals surface area contributed by atoms with Crippen molar-refractivity contribution in [3.8, 4) is 0 Å². The summed E-state index contributed by atoms with van der Waals surface area (Å²) in [6.07, 6.45) is 1.70. The van der Waals surface area contributed by atoms with Gasteiger partial charge < -0.3 is 74.2 Å². The Kier molecular flexibility index (Phi) is 24.1. The van der Waals surface area contributed by atoms with Crippen molar-refractivity contribution in [1.29, 1.82) is 0 Å². The van der Waals surface area contributed by atoms with E-state index < -0.39 is 108 Å². The molecule has 0 spiro atoms. The van der Waals surface area contributed by atoms with E-state index in [9.17, 15) is 48.3 Å². The molecule has 3 aromatic rings. The highest BCUT2D eigenvalue weighted by Crippen LogP contribution is 2.23. The zero-order chi connectivity index (χ0) is 55.9. The standard InChI is InChI=1S/C52H76N14O11/c1-3-4-16-38(60-31(2)67)46(71)63-40-20-21-44(69)77-59-24-11-10-18-37(45(70)56-25-22-53)61-49(74)42(27-33-29-58-36-17-9-8-15-35(33)36)64-47(72)39(19-12-23-57-52(54)55)62-48(73)41(26-32-13-6-5-7-14-32)65-50(75)43-28-34(68)30-66(43)51(40)76/h5-9,13-15,17,29,34,37-43,58-59,68H,3-4,10-12,16,18-28,30,53H2,1-2H3,(H,56,70)(H,60,67)(H,61,74)(H,62,73)(H,63,71)(H,64,72)(H,65,75)(H4,54,55,57)/t34?,37-,38-,39-,40-,41+,42-,43-/m0/s1. The summed E-state index contributed by atoms with van der Waals surface area (Å²) >= 11 is 0. The zero-order valence-electron chi connectivity index (χ0n) is 43.8. The number of guanidine groups is 1. The number of hydroxylamine groups is 1. The van der Waals surface area contributed by atoms with Crippen molar-refractivity contribution in [2.24, 2.45) is 22.2 Å². The first-order chi connectivity index (χ1) is 37.0. The number of nitrogens with two attached hydrogens (primary N) is 3. The van der Waals surface area contributed by atoms with Crippen LogP contribution in [-0.4, -0.2) is 155 Å².